The Kier molecular flexibility index (Phi) is 53.0. The van der Waals surface area contributed by atoms with Crippen LogP contribution in [-0.4, -0.2) is 88.1 Å². The van der Waals surface area contributed by atoms with E-state index in [0.29, 0.717) is 12.8 Å². The first-order chi connectivity index (χ1) is 35.6. The van der Waals surface area contributed by atoms with Gasteiger partial charge >= 0.3 is 19.8 Å². The molecule has 0 rings (SSSR count). The Morgan fingerprint density at radius 1 is 0.411 bits per heavy atom. The monoisotopic (exact) mass is 1050 g/mol. The SMILES string of the molecule is CCCCCCCC=CCCCCCCCCCCC=CCCCCC(=O)OC[C@H](COP(=O)(O)OC[C@@H](O)[C@@H](O)[C@H](O)CO)OC(=O)CCCCC=CCCCCCCCCCCC=CCCCCCCC. The molecule has 0 fully saturated rings. The topological polar surface area (TPSA) is 189 Å². The number of allylic oxidation sites excluding steroid dienone is 8. The molecule has 0 radical (unpaired) electrons. The quantitative estimate of drug-likeness (QED) is 0.0168. The van der Waals surface area contributed by atoms with Gasteiger partial charge in [0.2, 0.25) is 0 Å². The normalized spacial score (nSPS) is 14.7. The van der Waals surface area contributed by atoms with E-state index in [4.69, 9.17) is 23.6 Å². The minimum atomic E-state index is -4.85. The molecule has 0 aliphatic heterocycles. The maximum atomic E-state index is 12.8. The minimum absolute atomic E-state index is 0.101. The van der Waals surface area contributed by atoms with Crippen LogP contribution < -0.4 is 0 Å². The number of unbranched alkanes of at least 4 members (excludes halogenated alkanes) is 32. The standard InChI is InChI=1S/C60H111O12P/c1-3-5-7-9-11-13-15-17-19-21-23-25-27-29-31-33-35-37-39-41-43-45-47-49-58(64)69-52-55(53-70-73(67,68)71-54-57(63)60(66)56(62)51-61)72-59(65)50-48-46-44-42-40-38-36-34-32-30-28-26-24-22-20-18-16-14-12-10-8-6-4-2/h15-18,39-42,55-57,60-63,66H,3-14,19-38,43-54H2,1-2H3,(H,67,68)/t55-,56-,57-,60+/m1/s1. The van der Waals surface area contributed by atoms with Crippen molar-refractivity contribution in [1.29, 1.82) is 0 Å². The Bertz CT molecular complexity index is 1390. The van der Waals surface area contributed by atoms with E-state index in [2.05, 4.69) is 62.5 Å². The van der Waals surface area contributed by atoms with E-state index in [1.54, 1.807) is 0 Å². The van der Waals surface area contributed by atoms with Gasteiger partial charge in [-0.2, -0.15) is 0 Å². The van der Waals surface area contributed by atoms with Crippen molar-refractivity contribution in [3.63, 3.8) is 0 Å². The number of phosphoric ester groups is 1. The molecule has 0 aromatic rings. The van der Waals surface area contributed by atoms with Crippen molar-refractivity contribution in [3.8, 4) is 0 Å². The highest BCUT2D eigenvalue weighted by Crippen LogP contribution is 2.43. The van der Waals surface area contributed by atoms with Gasteiger partial charge in [-0.1, -0.05) is 191 Å². The maximum absolute atomic E-state index is 12.8. The predicted octanol–water partition coefficient (Wildman–Crippen LogP) is 15.5. The second-order valence-electron chi connectivity index (χ2n) is 20.3. The Hall–Kier alpha value is -2.15. The van der Waals surface area contributed by atoms with Gasteiger partial charge in [-0.05, 0) is 116 Å². The number of ether oxygens (including phenoxy) is 2. The van der Waals surface area contributed by atoms with Gasteiger partial charge in [-0.3, -0.25) is 18.6 Å². The summed E-state index contributed by atoms with van der Waals surface area (Å²) in [7, 11) is -4.85. The zero-order valence-corrected chi connectivity index (χ0v) is 47.5. The van der Waals surface area contributed by atoms with E-state index < -0.39 is 70.6 Å². The van der Waals surface area contributed by atoms with Crippen LogP contribution in [-0.2, 0) is 32.7 Å². The number of carbonyl (C=O) groups excluding carboxylic acids is 2. The summed E-state index contributed by atoms with van der Waals surface area (Å²) < 4.78 is 33.2. The van der Waals surface area contributed by atoms with Crippen LogP contribution in [0, 0.1) is 0 Å². The molecule has 73 heavy (non-hydrogen) atoms. The summed E-state index contributed by atoms with van der Waals surface area (Å²) in [6.45, 7) is 1.73. The summed E-state index contributed by atoms with van der Waals surface area (Å²) in [6, 6.07) is 0. The zero-order valence-electron chi connectivity index (χ0n) is 46.6. The Labute approximate surface area is 446 Å². The van der Waals surface area contributed by atoms with Crippen molar-refractivity contribution in [3.05, 3.63) is 48.6 Å². The molecule has 0 spiro atoms. The van der Waals surface area contributed by atoms with Crippen LogP contribution in [0.5, 0.6) is 0 Å². The van der Waals surface area contributed by atoms with Crippen molar-refractivity contribution in [1.82, 2.24) is 0 Å². The predicted molar refractivity (Wildman–Crippen MR) is 300 cm³/mol. The first-order valence-corrected chi connectivity index (χ1v) is 31.3. The summed E-state index contributed by atoms with van der Waals surface area (Å²) in [5.41, 5.74) is 0. The Morgan fingerprint density at radius 3 is 1.05 bits per heavy atom. The van der Waals surface area contributed by atoms with Crippen molar-refractivity contribution in [2.75, 3.05) is 26.4 Å². The number of hydrogen-bond acceptors (Lipinski definition) is 11. The van der Waals surface area contributed by atoms with Crippen LogP contribution in [0.15, 0.2) is 48.6 Å². The first kappa shape index (κ1) is 70.8. The minimum Gasteiger partial charge on any atom is -0.462 e. The third-order valence-electron chi connectivity index (χ3n) is 13.1. The molecule has 1 unspecified atom stereocenters. The van der Waals surface area contributed by atoms with E-state index in [-0.39, 0.29) is 12.8 Å². The fraction of sp³-hybridized carbons (Fsp3) is 0.833. The maximum Gasteiger partial charge on any atom is 0.472 e. The number of esters is 2. The smallest absolute Gasteiger partial charge is 0.462 e. The molecule has 0 aliphatic carbocycles. The van der Waals surface area contributed by atoms with Gasteiger partial charge < -0.3 is 34.8 Å². The van der Waals surface area contributed by atoms with Crippen LogP contribution in [0.3, 0.4) is 0 Å². The van der Waals surface area contributed by atoms with Crippen LogP contribution in [0.25, 0.3) is 0 Å². The second-order valence-corrected chi connectivity index (χ2v) is 21.7. The van der Waals surface area contributed by atoms with Crippen molar-refractivity contribution in [2.45, 2.75) is 295 Å². The summed E-state index contributed by atoms with van der Waals surface area (Å²) in [5, 5.41) is 38.3. The van der Waals surface area contributed by atoms with Crippen molar-refractivity contribution >= 4 is 19.8 Å². The highest BCUT2D eigenvalue weighted by atomic mass is 31.2. The van der Waals surface area contributed by atoms with E-state index in [9.17, 15) is 34.4 Å². The molecular formula is C60H111O12P. The second kappa shape index (κ2) is 54.6. The van der Waals surface area contributed by atoms with Gasteiger partial charge in [0, 0.05) is 12.8 Å². The van der Waals surface area contributed by atoms with Gasteiger partial charge in [0.05, 0.1) is 19.8 Å². The Morgan fingerprint density at radius 2 is 0.712 bits per heavy atom. The van der Waals surface area contributed by atoms with E-state index in [1.165, 1.54) is 193 Å². The number of carbonyl (C=O) groups is 2. The number of aliphatic hydroxyl groups is 4. The molecule has 0 bridgehead atoms. The fourth-order valence-electron chi connectivity index (χ4n) is 8.37. The van der Waals surface area contributed by atoms with Crippen LogP contribution in [0.2, 0.25) is 0 Å². The molecule has 0 aromatic heterocycles. The third kappa shape index (κ3) is 51.7. The van der Waals surface area contributed by atoms with Crippen LogP contribution in [0.1, 0.15) is 271 Å². The van der Waals surface area contributed by atoms with E-state index >= 15 is 0 Å². The number of hydrogen-bond donors (Lipinski definition) is 5. The third-order valence-corrected chi connectivity index (χ3v) is 14.1. The number of phosphoric acid groups is 1. The van der Waals surface area contributed by atoms with Crippen LogP contribution in [0.4, 0.5) is 0 Å². The van der Waals surface area contributed by atoms with Crippen molar-refractivity contribution < 1.29 is 58.0 Å². The Balaban J connectivity index is 4.37. The summed E-state index contributed by atoms with van der Waals surface area (Å²) in [4.78, 5) is 35.6. The summed E-state index contributed by atoms with van der Waals surface area (Å²) >= 11 is 0. The average molecular weight is 1060 g/mol. The van der Waals surface area contributed by atoms with Gasteiger partial charge in [0.15, 0.2) is 6.10 Å². The molecule has 0 heterocycles. The fourth-order valence-corrected chi connectivity index (χ4v) is 9.14. The lowest BCUT2D eigenvalue weighted by molar-refractivity contribution is -0.161. The molecule has 0 aromatic carbocycles. The lowest BCUT2D eigenvalue weighted by atomic mass is 10.1. The van der Waals surface area contributed by atoms with Gasteiger partial charge in [-0.15, -0.1) is 0 Å². The molecule has 0 saturated heterocycles. The molecule has 0 saturated carbocycles. The molecular weight excluding hydrogens is 944 g/mol. The lowest BCUT2D eigenvalue weighted by Crippen LogP contribution is -2.41. The molecule has 5 N–H and O–H groups in total. The molecule has 12 nitrogen and oxygen atoms in total. The number of rotatable bonds is 56. The molecule has 428 valence electrons. The highest BCUT2D eigenvalue weighted by molar-refractivity contribution is 7.47. The van der Waals surface area contributed by atoms with Crippen LogP contribution >= 0.6 is 7.82 Å². The summed E-state index contributed by atoms with van der Waals surface area (Å²) in [6.07, 6.45) is 57.6. The molecule has 5 atom stereocenters. The first-order valence-electron chi connectivity index (χ1n) is 29.8. The lowest BCUT2D eigenvalue weighted by Gasteiger charge is -2.23. The van der Waals surface area contributed by atoms with E-state index in [0.717, 1.165) is 38.5 Å². The summed E-state index contributed by atoms with van der Waals surface area (Å²) in [5.74, 6) is -1.06. The molecule has 13 heteroatoms. The molecule has 0 amide bonds. The zero-order chi connectivity index (χ0) is 53.6. The van der Waals surface area contributed by atoms with Crippen molar-refractivity contribution in [2.24, 2.45) is 0 Å². The largest absolute Gasteiger partial charge is 0.472 e. The number of aliphatic hydroxyl groups excluding tert-OH is 4. The van der Waals surface area contributed by atoms with Gasteiger partial charge in [0.1, 0.15) is 24.9 Å². The van der Waals surface area contributed by atoms with Gasteiger partial charge in [0.25, 0.3) is 0 Å². The van der Waals surface area contributed by atoms with E-state index in [1.807, 2.05) is 0 Å². The van der Waals surface area contributed by atoms with Gasteiger partial charge in [-0.25, -0.2) is 4.57 Å². The molecule has 0 aliphatic rings. The highest BCUT2D eigenvalue weighted by Gasteiger charge is 2.30. The average Bonchev–Trinajstić information content (AvgIpc) is 3.38.